The Kier molecular flexibility index (Phi) is 5.88. The third kappa shape index (κ3) is 5.18. The Morgan fingerprint density at radius 2 is 1.81 bits per heavy atom. The molecule has 3 N–H and O–H groups in total. The second-order valence-corrected chi connectivity index (χ2v) is 6.80. The highest BCUT2D eigenvalue weighted by Gasteiger charge is 2.23. The Bertz CT molecular complexity index is 845. The molecule has 0 aliphatic rings. The molecule has 0 aliphatic heterocycles. The Labute approximate surface area is 158 Å². The van der Waals surface area contributed by atoms with E-state index in [1.165, 1.54) is 5.56 Å². The normalized spacial score (nSPS) is 13.0. The summed E-state index contributed by atoms with van der Waals surface area (Å²) in [5.74, 6) is 1.39. The van der Waals surface area contributed by atoms with Gasteiger partial charge < -0.3 is 24.9 Å². The lowest BCUT2D eigenvalue weighted by Crippen LogP contribution is -2.30. The summed E-state index contributed by atoms with van der Waals surface area (Å²) in [6.07, 6.45) is 5.01. The van der Waals surface area contributed by atoms with Gasteiger partial charge in [-0.25, -0.2) is 4.98 Å². The van der Waals surface area contributed by atoms with E-state index in [-0.39, 0.29) is 13.2 Å². The topological polar surface area (TPSA) is 87.2 Å². The molecule has 0 bridgehead atoms. The van der Waals surface area contributed by atoms with E-state index in [1.807, 2.05) is 36.4 Å². The highest BCUT2D eigenvalue weighted by atomic mass is 16.5. The zero-order valence-electron chi connectivity index (χ0n) is 15.2. The molecule has 0 saturated carbocycles. The van der Waals surface area contributed by atoms with Crippen molar-refractivity contribution in [3.63, 3.8) is 0 Å². The molecule has 1 aromatic heterocycles. The minimum Gasteiger partial charge on any atom is -0.492 e. The number of hydrogen-bond acceptors (Lipinski definition) is 5. The van der Waals surface area contributed by atoms with Gasteiger partial charge in [0.1, 0.15) is 18.6 Å². The fraction of sp³-hybridized carbons (Fsp3) is 0.238. The minimum atomic E-state index is -0.871. The number of hydrogen-bond donors (Lipinski definition) is 3. The first-order chi connectivity index (χ1) is 13.1. The SMILES string of the molecule is CC(C=O)(CO)COc1ccc(Cc2ccc(Nc3ncc[nH]3)cc2)cc1. The number of aromatic amines is 1. The number of benzene rings is 2. The van der Waals surface area contributed by atoms with E-state index in [1.54, 1.807) is 19.3 Å². The molecule has 2 aromatic carbocycles. The van der Waals surface area contributed by atoms with Gasteiger partial charge in [0.05, 0.1) is 12.0 Å². The molecular weight excluding hydrogens is 342 g/mol. The summed E-state index contributed by atoms with van der Waals surface area (Å²) < 4.78 is 5.62. The third-order valence-electron chi connectivity index (χ3n) is 4.26. The molecular formula is C21H23N3O3. The van der Waals surface area contributed by atoms with Crippen molar-refractivity contribution in [2.24, 2.45) is 5.41 Å². The number of aldehydes is 1. The van der Waals surface area contributed by atoms with E-state index in [2.05, 4.69) is 27.4 Å². The van der Waals surface area contributed by atoms with E-state index < -0.39 is 5.41 Å². The van der Waals surface area contributed by atoms with Crippen LogP contribution in [0.3, 0.4) is 0 Å². The molecule has 0 aliphatic carbocycles. The molecule has 6 heteroatoms. The molecule has 0 radical (unpaired) electrons. The number of carbonyl (C=O) groups is 1. The number of nitrogens with one attached hydrogen (secondary N) is 2. The quantitative estimate of drug-likeness (QED) is 0.506. The molecule has 27 heavy (non-hydrogen) atoms. The average Bonchev–Trinajstić information content (AvgIpc) is 3.22. The summed E-state index contributed by atoms with van der Waals surface area (Å²) in [6.45, 7) is 1.58. The van der Waals surface area contributed by atoms with Crippen molar-refractivity contribution >= 4 is 17.9 Å². The van der Waals surface area contributed by atoms with Crippen molar-refractivity contribution in [3.8, 4) is 5.75 Å². The van der Waals surface area contributed by atoms with Crippen LogP contribution >= 0.6 is 0 Å². The van der Waals surface area contributed by atoms with Crippen molar-refractivity contribution in [3.05, 3.63) is 72.1 Å². The lowest BCUT2D eigenvalue weighted by atomic mass is 9.95. The predicted molar refractivity (Wildman–Crippen MR) is 104 cm³/mol. The van der Waals surface area contributed by atoms with Crippen molar-refractivity contribution in [2.75, 3.05) is 18.5 Å². The van der Waals surface area contributed by atoms with Gasteiger partial charge in [-0.05, 0) is 48.7 Å². The summed E-state index contributed by atoms with van der Waals surface area (Å²) in [5, 5.41) is 12.4. The van der Waals surface area contributed by atoms with Crippen molar-refractivity contribution < 1.29 is 14.6 Å². The van der Waals surface area contributed by atoms with Gasteiger partial charge in [-0.2, -0.15) is 0 Å². The van der Waals surface area contributed by atoms with Crippen LogP contribution < -0.4 is 10.1 Å². The first kappa shape index (κ1) is 18.7. The van der Waals surface area contributed by atoms with Crippen LogP contribution in [0.1, 0.15) is 18.1 Å². The maximum Gasteiger partial charge on any atom is 0.204 e. The highest BCUT2D eigenvalue weighted by molar-refractivity contribution is 5.59. The lowest BCUT2D eigenvalue weighted by Gasteiger charge is -2.20. The number of H-pyrrole nitrogens is 1. The number of ether oxygens (including phenoxy) is 1. The number of imidazole rings is 1. The third-order valence-corrected chi connectivity index (χ3v) is 4.26. The minimum absolute atomic E-state index is 0.149. The van der Waals surface area contributed by atoms with Crippen LogP contribution in [0.5, 0.6) is 5.75 Å². The van der Waals surface area contributed by atoms with Gasteiger partial charge in [-0.1, -0.05) is 24.3 Å². The highest BCUT2D eigenvalue weighted by Crippen LogP contribution is 2.20. The molecule has 0 spiro atoms. The predicted octanol–water partition coefficient (Wildman–Crippen LogP) is 3.32. The van der Waals surface area contributed by atoms with Crippen LogP contribution in [0.2, 0.25) is 0 Å². The molecule has 0 fully saturated rings. The first-order valence-corrected chi connectivity index (χ1v) is 8.74. The maximum atomic E-state index is 11.0. The standard InChI is InChI=1S/C21H23N3O3/c1-21(13-25,14-26)15-27-19-8-4-17(5-9-19)12-16-2-6-18(7-3-16)24-20-22-10-11-23-20/h2-11,13,26H,12,14-15H2,1H3,(H2,22,23,24). The van der Waals surface area contributed by atoms with Crippen LogP contribution in [-0.4, -0.2) is 34.6 Å². The molecule has 1 atom stereocenters. The number of aromatic nitrogens is 2. The summed E-state index contributed by atoms with van der Waals surface area (Å²) in [5.41, 5.74) is 2.46. The molecule has 1 unspecified atom stereocenters. The maximum absolute atomic E-state index is 11.0. The van der Waals surface area contributed by atoms with Crippen LogP contribution in [0.15, 0.2) is 60.9 Å². The van der Waals surface area contributed by atoms with E-state index in [0.717, 1.165) is 24.0 Å². The monoisotopic (exact) mass is 365 g/mol. The Morgan fingerprint density at radius 1 is 1.15 bits per heavy atom. The van der Waals surface area contributed by atoms with Crippen LogP contribution in [0, 0.1) is 5.41 Å². The lowest BCUT2D eigenvalue weighted by molar-refractivity contribution is -0.119. The molecule has 140 valence electrons. The van der Waals surface area contributed by atoms with E-state index in [4.69, 9.17) is 4.74 Å². The molecule has 6 nitrogen and oxygen atoms in total. The number of aliphatic hydroxyl groups excluding tert-OH is 1. The molecule has 3 aromatic rings. The number of nitrogens with zero attached hydrogens (tertiary/aromatic N) is 1. The zero-order chi connectivity index (χ0) is 19.1. The smallest absolute Gasteiger partial charge is 0.204 e. The van der Waals surface area contributed by atoms with Gasteiger partial charge in [0.2, 0.25) is 5.95 Å². The summed E-state index contributed by atoms with van der Waals surface area (Å²) >= 11 is 0. The van der Waals surface area contributed by atoms with E-state index in [9.17, 15) is 9.90 Å². The summed E-state index contributed by atoms with van der Waals surface area (Å²) in [7, 11) is 0. The van der Waals surface area contributed by atoms with Crippen LogP contribution in [0.4, 0.5) is 11.6 Å². The second kappa shape index (κ2) is 8.51. The van der Waals surface area contributed by atoms with Crippen molar-refractivity contribution in [2.45, 2.75) is 13.3 Å². The molecule has 3 rings (SSSR count). The van der Waals surface area contributed by atoms with E-state index >= 15 is 0 Å². The number of carbonyl (C=O) groups excluding carboxylic acids is 1. The Morgan fingerprint density at radius 3 is 2.37 bits per heavy atom. The largest absolute Gasteiger partial charge is 0.492 e. The fourth-order valence-corrected chi connectivity index (χ4v) is 2.48. The van der Waals surface area contributed by atoms with Gasteiger partial charge in [0.25, 0.3) is 0 Å². The van der Waals surface area contributed by atoms with Crippen LogP contribution in [-0.2, 0) is 11.2 Å². The van der Waals surface area contributed by atoms with Gasteiger partial charge in [0.15, 0.2) is 0 Å². The number of aliphatic hydroxyl groups is 1. The van der Waals surface area contributed by atoms with E-state index in [0.29, 0.717) is 11.7 Å². The molecule has 0 amide bonds. The van der Waals surface area contributed by atoms with Crippen molar-refractivity contribution in [1.82, 2.24) is 9.97 Å². The Balaban J connectivity index is 1.55. The molecule has 0 saturated heterocycles. The van der Waals surface area contributed by atoms with Gasteiger partial charge >= 0.3 is 0 Å². The van der Waals surface area contributed by atoms with Gasteiger partial charge in [0, 0.05) is 18.1 Å². The van der Waals surface area contributed by atoms with Gasteiger partial charge in [-0.15, -0.1) is 0 Å². The van der Waals surface area contributed by atoms with Crippen LogP contribution in [0.25, 0.3) is 0 Å². The second-order valence-electron chi connectivity index (χ2n) is 6.80. The summed E-state index contributed by atoms with van der Waals surface area (Å²) in [6, 6.07) is 16.0. The number of rotatable bonds is 9. The van der Waals surface area contributed by atoms with Gasteiger partial charge in [-0.3, -0.25) is 0 Å². The molecule has 1 heterocycles. The summed E-state index contributed by atoms with van der Waals surface area (Å²) in [4.78, 5) is 18.1. The fourth-order valence-electron chi connectivity index (χ4n) is 2.48. The van der Waals surface area contributed by atoms with Crippen molar-refractivity contribution in [1.29, 1.82) is 0 Å². The number of anilines is 2. The zero-order valence-corrected chi connectivity index (χ0v) is 15.2. The Hall–Kier alpha value is -3.12. The first-order valence-electron chi connectivity index (χ1n) is 8.74. The average molecular weight is 365 g/mol.